The van der Waals surface area contributed by atoms with Gasteiger partial charge in [-0.3, -0.25) is 0 Å². The maximum atomic E-state index is 6.26. The van der Waals surface area contributed by atoms with E-state index in [1.54, 1.807) is 6.07 Å². The summed E-state index contributed by atoms with van der Waals surface area (Å²) >= 11 is 14.0. The number of thiazole rings is 1. The van der Waals surface area contributed by atoms with Gasteiger partial charge in [0.1, 0.15) is 0 Å². The highest BCUT2D eigenvalue weighted by Gasteiger charge is 2.20. The molecule has 21 heavy (non-hydrogen) atoms. The van der Waals surface area contributed by atoms with Gasteiger partial charge in [-0.1, -0.05) is 29.3 Å². The summed E-state index contributed by atoms with van der Waals surface area (Å²) < 4.78 is 0. The molecular formula is C16H18Cl2N2S. The Balaban J connectivity index is 1.80. The molecule has 0 atom stereocenters. The van der Waals surface area contributed by atoms with Crippen LogP contribution in [0.2, 0.25) is 10.0 Å². The first kappa shape index (κ1) is 15.3. The van der Waals surface area contributed by atoms with Crippen LogP contribution in [0.4, 0.5) is 0 Å². The fourth-order valence-corrected chi connectivity index (χ4v) is 4.57. The zero-order chi connectivity index (χ0) is 14.8. The van der Waals surface area contributed by atoms with Crippen molar-refractivity contribution in [3.63, 3.8) is 0 Å². The molecule has 1 aliphatic heterocycles. The molecule has 0 aliphatic carbocycles. The highest BCUT2D eigenvalue weighted by Crippen LogP contribution is 2.34. The fourth-order valence-electron chi connectivity index (χ4n) is 2.83. The molecule has 0 saturated carbocycles. The van der Waals surface area contributed by atoms with E-state index in [1.807, 2.05) is 23.5 Å². The van der Waals surface area contributed by atoms with Crippen LogP contribution in [-0.4, -0.2) is 18.1 Å². The Labute approximate surface area is 139 Å². The second kappa shape index (κ2) is 6.66. The van der Waals surface area contributed by atoms with Gasteiger partial charge in [0, 0.05) is 21.3 Å². The summed E-state index contributed by atoms with van der Waals surface area (Å²) in [5.41, 5.74) is 2.28. The number of rotatable bonds is 3. The van der Waals surface area contributed by atoms with E-state index in [2.05, 4.69) is 12.2 Å². The molecule has 0 amide bonds. The van der Waals surface area contributed by atoms with E-state index in [0.29, 0.717) is 10.9 Å². The lowest BCUT2D eigenvalue weighted by atomic mass is 9.96. The van der Waals surface area contributed by atoms with Gasteiger partial charge in [-0.2, -0.15) is 0 Å². The van der Waals surface area contributed by atoms with E-state index >= 15 is 0 Å². The molecule has 0 unspecified atom stereocenters. The number of hydrogen-bond donors (Lipinski definition) is 1. The molecule has 1 fully saturated rings. The Morgan fingerprint density at radius 3 is 2.76 bits per heavy atom. The smallest absolute Gasteiger partial charge is 0.0975 e. The molecule has 1 aromatic carbocycles. The predicted octanol–water partition coefficient (Wildman–Crippen LogP) is 4.82. The van der Waals surface area contributed by atoms with Gasteiger partial charge in [-0.15, -0.1) is 11.3 Å². The molecular weight excluding hydrogens is 323 g/mol. The first-order valence-electron chi connectivity index (χ1n) is 7.24. The van der Waals surface area contributed by atoms with E-state index in [0.717, 1.165) is 35.1 Å². The van der Waals surface area contributed by atoms with Crippen LogP contribution in [-0.2, 0) is 6.42 Å². The summed E-state index contributed by atoms with van der Waals surface area (Å²) in [7, 11) is 0. The number of piperidine rings is 1. The van der Waals surface area contributed by atoms with Crippen LogP contribution in [0, 0.1) is 6.92 Å². The zero-order valence-corrected chi connectivity index (χ0v) is 14.3. The number of nitrogens with one attached hydrogen (secondary N) is 1. The van der Waals surface area contributed by atoms with Crippen molar-refractivity contribution in [1.82, 2.24) is 10.3 Å². The summed E-state index contributed by atoms with van der Waals surface area (Å²) in [4.78, 5) is 6.21. The first-order chi connectivity index (χ1) is 10.1. The molecule has 5 heteroatoms. The quantitative estimate of drug-likeness (QED) is 0.866. The van der Waals surface area contributed by atoms with Crippen LogP contribution < -0.4 is 5.32 Å². The Bertz CT molecular complexity index is 633. The minimum Gasteiger partial charge on any atom is -0.317 e. The van der Waals surface area contributed by atoms with Crippen LogP contribution in [0.5, 0.6) is 0 Å². The Hall–Kier alpha value is -0.610. The SMILES string of the molecule is Cc1nc(Cc2ccc(Cl)cc2Cl)sc1C1CCNCC1. The van der Waals surface area contributed by atoms with Crippen LogP contribution in [0.15, 0.2) is 18.2 Å². The number of aryl methyl sites for hydroxylation is 1. The molecule has 2 aromatic rings. The predicted molar refractivity (Wildman–Crippen MR) is 91.0 cm³/mol. The molecule has 0 bridgehead atoms. The van der Waals surface area contributed by atoms with E-state index in [1.165, 1.54) is 23.4 Å². The molecule has 1 saturated heterocycles. The zero-order valence-electron chi connectivity index (χ0n) is 12.0. The summed E-state index contributed by atoms with van der Waals surface area (Å²) in [6, 6.07) is 5.68. The number of benzene rings is 1. The number of nitrogens with zero attached hydrogens (tertiary/aromatic N) is 1. The summed E-state index contributed by atoms with van der Waals surface area (Å²) in [6.07, 6.45) is 3.21. The molecule has 112 valence electrons. The van der Waals surface area contributed by atoms with Gasteiger partial charge in [-0.05, 0) is 56.5 Å². The Kier molecular flexibility index (Phi) is 4.85. The van der Waals surface area contributed by atoms with E-state index in [9.17, 15) is 0 Å². The van der Waals surface area contributed by atoms with Gasteiger partial charge in [0.15, 0.2) is 0 Å². The topological polar surface area (TPSA) is 24.9 Å². The minimum atomic E-state index is 0.665. The normalized spacial score (nSPS) is 16.3. The fraction of sp³-hybridized carbons (Fsp3) is 0.438. The lowest BCUT2D eigenvalue weighted by molar-refractivity contribution is 0.463. The summed E-state index contributed by atoms with van der Waals surface area (Å²) in [5, 5.41) is 5.96. The average molecular weight is 341 g/mol. The van der Waals surface area contributed by atoms with Crippen molar-refractivity contribution in [2.45, 2.75) is 32.1 Å². The van der Waals surface area contributed by atoms with Gasteiger partial charge >= 0.3 is 0 Å². The van der Waals surface area contributed by atoms with Gasteiger partial charge in [-0.25, -0.2) is 4.98 Å². The van der Waals surface area contributed by atoms with Crippen LogP contribution >= 0.6 is 34.5 Å². The number of hydrogen-bond acceptors (Lipinski definition) is 3. The molecule has 1 aliphatic rings. The van der Waals surface area contributed by atoms with Gasteiger partial charge < -0.3 is 5.32 Å². The molecule has 0 radical (unpaired) electrons. The maximum absolute atomic E-state index is 6.26. The van der Waals surface area contributed by atoms with Crippen LogP contribution in [0.3, 0.4) is 0 Å². The molecule has 2 heterocycles. The third-order valence-electron chi connectivity index (χ3n) is 3.94. The molecule has 2 nitrogen and oxygen atoms in total. The van der Waals surface area contributed by atoms with Gasteiger partial charge in [0.25, 0.3) is 0 Å². The van der Waals surface area contributed by atoms with Crippen molar-refractivity contribution in [3.05, 3.63) is 49.4 Å². The third kappa shape index (κ3) is 3.59. The molecule has 0 spiro atoms. The second-order valence-electron chi connectivity index (χ2n) is 5.49. The van der Waals surface area contributed by atoms with Crippen molar-refractivity contribution in [2.24, 2.45) is 0 Å². The Morgan fingerprint density at radius 1 is 1.29 bits per heavy atom. The van der Waals surface area contributed by atoms with Crippen molar-refractivity contribution < 1.29 is 0 Å². The summed E-state index contributed by atoms with van der Waals surface area (Å²) in [5.74, 6) is 0.665. The monoisotopic (exact) mass is 340 g/mol. The van der Waals surface area contributed by atoms with Gasteiger partial charge in [0.2, 0.25) is 0 Å². The van der Waals surface area contributed by atoms with Crippen molar-refractivity contribution >= 4 is 34.5 Å². The summed E-state index contributed by atoms with van der Waals surface area (Å²) in [6.45, 7) is 4.35. The van der Waals surface area contributed by atoms with E-state index < -0.39 is 0 Å². The standard InChI is InChI=1S/C16H18Cl2N2S/c1-10-16(11-4-6-19-7-5-11)21-15(20-10)8-12-2-3-13(17)9-14(12)18/h2-3,9,11,19H,4-8H2,1H3. The highest BCUT2D eigenvalue weighted by atomic mass is 35.5. The van der Waals surface area contributed by atoms with E-state index in [-0.39, 0.29) is 0 Å². The first-order valence-corrected chi connectivity index (χ1v) is 8.81. The van der Waals surface area contributed by atoms with Crippen molar-refractivity contribution in [2.75, 3.05) is 13.1 Å². The molecule has 1 aromatic heterocycles. The minimum absolute atomic E-state index is 0.665. The number of halogens is 2. The van der Waals surface area contributed by atoms with Crippen molar-refractivity contribution in [1.29, 1.82) is 0 Å². The van der Waals surface area contributed by atoms with Gasteiger partial charge in [0.05, 0.1) is 10.7 Å². The lowest BCUT2D eigenvalue weighted by Crippen LogP contribution is -2.26. The van der Waals surface area contributed by atoms with Crippen molar-refractivity contribution in [3.8, 4) is 0 Å². The second-order valence-corrected chi connectivity index (χ2v) is 7.45. The van der Waals surface area contributed by atoms with Crippen LogP contribution in [0.25, 0.3) is 0 Å². The Morgan fingerprint density at radius 2 is 2.05 bits per heavy atom. The number of aromatic nitrogens is 1. The molecule has 3 rings (SSSR count). The highest BCUT2D eigenvalue weighted by molar-refractivity contribution is 7.11. The maximum Gasteiger partial charge on any atom is 0.0975 e. The van der Waals surface area contributed by atoms with Crippen LogP contribution in [0.1, 0.15) is 39.9 Å². The largest absolute Gasteiger partial charge is 0.317 e. The lowest BCUT2D eigenvalue weighted by Gasteiger charge is -2.21. The average Bonchev–Trinajstić information content (AvgIpc) is 2.84. The van der Waals surface area contributed by atoms with E-state index in [4.69, 9.17) is 28.2 Å². The third-order valence-corrected chi connectivity index (χ3v) is 5.85. The molecule has 1 N–H and O–H groups in total.